The molecule has 1 heterocycles. The van der Waals surface area contributed by atoms with Gasteiger partial charge in [-0.1, -0.05) is 11.6 Å². The third-order valence-corrected chi connectivity index (χ3v) is 3.83. The number of halogens is 4. The summed E-state index contributed by atoms with van der Waals surface area (Å²) in [6.07, 6.45) is -0.563. The number of nitrogens with zero attached hydrogens (tertiary/aromatic N) is 1. The Morgan fingerprint density at radius 2 is 1.95 bits per heavy atom. The van der Waals surface area contributed by atoms with Crippen LogP contribution >= 0.6 is 11.6 Å². The second-order valence-corrected chi connectivity index (χ2v) is 5.51. The molecule has 0 unspecified atom stereocenters. The van der Waals surface area contributed by atoms with E-state index in [0.29, 0.717) is 12.5 Å². The number of rotatable bonds is 3. The van der Waals surface area contributed by atoms with Crippen molar-refractivity contribution in [3.8, 4) is 0 Å². The molecule has 112 valence electrons. The first-order valence-electron chi connectivity index (χ1n) is 6.51. The van der Waals surface area contributed by atoms with E-state index in [4.69, 9.17) is 11.6 Å². The van der Waals surface area contributed by atoms with Crippen molar-refractivity contribution < 1.29 is 18.3 Å². The maximum Gasteiger partial charge on any atom is 0.417 e. The first-order valence-corrected chi connectivity index (χ1v) is 6.88. The smallest absolute Gasteiger partial charge is 0.393 e. The summed E-state index contributed by atoms with van der Waals surface area (Å²) in [6.45, 7) is 0.602. The van der Waals surface area contributed by atoms with Crippen molar-refractivity contribution in [1.29, 1.82) is 0 Å². The number of hydrogen-bond acceptors (Lipinski definition) is 3. The van der Waals surface area contributed by atoms with Crippen LogP contribution in [0.5, 0.6) is 0 Å². The van der Waals surface area contributed by atoms with Gasteiger partial charge in [0.25, 0.3) is 0 Å². The first kappa shape index (κ1) is 15.4. The molecule has 2 N–H and O–H groups in total. The van der Waals surface area contributed by atoms with Crippen LogP contribution in [0.25, 0.3) is 0 Å². The van der Waals surface area contributed by atoms with E-state index in [1.54, 1.807) is 0 Å². The van der Waals surface area contributed by atoms with Gasteiger partial charge < -0.3 is 10.4 Å². The highest BCUT2D eigenvalue weighted by Gasteiger charge is 2.31. The summed E-state index contributed by atoms with van der Waals surface area (Å²) in [4.78, 5) is 3.73. The predicted molar refractivity (Wildman–Crippen MR) is 70.7 cm³/mol. The Labute approximate surface area is 120 Å². The zero-order chi connectivity index (χ0) is 14.8. The number of alkyl halides is 3. The van der Waals surface area contributed by atoms with E-state index in [0.717, 1.165) is 37.9 Å². The second kappa shape index (κ2) is 6.18. The lowest BCUT2D eigenvalue weighted by Crippen LogP contribution is -2.24. The molecule has 2 rings (SSSR count). The van der Waals surface area contributed by atoms with E-state index in [1.165, 1.54) is 0 Å². The van der Waals surface area contributed by atoms with Crippen molar-refractivity contribution in [2.75, 3.05) is 11.9 Å². The fraction of sp³-hybridized carbons (Fsp3) is 0.615. The maximum atomic E-state index is 12.5. The first-order chi connectivity index (χ1) is 9.36. The molecule has 1 aliphatic carbocycles. The molecule has 1 aromatic heterocycles. The fourth-order valence-corrected chi connectivity index (χ4v) is 2.55. The summed E-state index contributed by atoms with van der Waals surface area (Å²) in [5.74, 6) is 0.657. The molecule has 0 aromatic carbocycles. The van der Waals surface area contributed by atoms with Crippen LogP contribution in [0.1, 0.15) is 31.2 Å². The third-order valence-electron chi connectivity index (χ3n) is 3.54. The van der Waals surface area contributed by atoms with Crippen LogP contribution in [0.2, 0.25) is 5.02 Å². The van der Waals surface area contributed by atoms with Crippen molar-refractivity contribution >= 4 is 17.4 Å². The Kier molecular flexibility index (Phi) is 4.75. The molecule has 7 heteroatoms. The van der Waals surface area contributed by atoms with Crippen molar-refractivity contribution in [1.82, 2.24) is 4.98 Å². The number of aliphatic hydroxyl groups is 1. The van der Waals surface area contributed by atoms with Gasteiger partial charge in [0.2, 0.25) is 0 Å². The van der Waals surface area contributed by atoms with Gasteiger partial charge in [-0.2, -0.15) is 13.2 Å². The van der Waals surface area contributed by atoms with Gasteiger partial charge in [-0.3, -0.25) is 0 Å². The van der Waals surface area contributed by atoms with E-state index < -0.39 is 11.7 Å². The van der Waals surface area contributed by atoms with Crippen molar-refractivity contribution in [2.45, 2.75) is 38.0 Å². The zero-order valence-corrected chi connectivity index (χ0v) is 11.5. The van der Waals surface area contributed by atoms with Crippen molar-refractivity contribution in [2.24, 2.45) is 5.92 Å². The van der Waals surface area contributed by atoms with Gasteiger partial charge in [-0.05, 0) is 37.7 Å². The third kappa shape index (κ3) is 3.99. The summed E-state index contributed by atoms with van der Waals surface area (Å²) in [5.41, 5.74) is -0.853. The largest absolute Gasteiger partial charge is 0.417 e. The molecular weight excluding hydrogens is 293 g/mol. The number of anilines is 1. The topological polar surface area (TPSA) is 45.1 Å². The normalized spacial score (nSPS) is 23.6. The monoisotopic (exact) mass is 308 g/mol. The molecule has 0 spiro atoms. The average molecular weight is 309 g/mol. The quantitative estimate of drug-likeness (QED) is 0.894. The summed E-state index contributed by atoms with van der Waals surface area (Å²) in [7, 11) is 0. The second-order valence-electron chi connectivity index (χ2n) is 5.11. The van der Waals surface area contributed by atoms with Crippen molar-refractivity contribution in [3.63, 3.8) is 0 Å². The zero-order valence-electron chi connectivity index (χ0n) is 10.8. The highest BCUT2D eigenvalue weighted by atomic mass is 35.5. The number of pyridine rings is 1. The summed E-state index contributed by atoms with van der Waals surface area (Å²) < 4.78 is 37.4. The van der Waals surface area contributed by atoms with Crippen molar-refractivity contribution in [3.05, 3.63) is 22.8 Å². The Balaban J connectivity index is 1.93. The minimum Gasteiger partial charge on any atom is -0.393 e. The molecule has 1 fully saturated rings. The number of aliphatic hydroxyl groups excluding tert-OH is 1. The van der Waals surface area contributed by atoms with Gasteiger partial charge in [0, 0.05) is 12.7 Å². The van der Waals surface area contributed by atoms with E-state index in [-0.39, 0.29) is 16.9 Å². The minimum absolute atomic E-state index is 0.0318. The molecule has 3 nitrogen and oxygen atoms in total. The highest BCUT2D eigenvalue weighted by Crippen LogP contribution is 2.32. The number of nitrogens with one attached hydrogen (secondary N) is 1. The summed E-state index contributed by atoms with van der Waals surface area (Å²) in [5, 5.41) is 12.4. The van der Waals surface area contributed by atoms with Gasteiger partial charge in [0.1, 0.15) is 5.82 Å². The molecule has 1 aromatic rings. The van der Waals surface area contributed by atoms with Gasteiger partial charge in [0.05, 0.1) is 16.7 Å². The highest BCUT2D eigenvalue weighted by molar-refractivity contribution is 6.32. The Hall–Kier alpha value is -1.01. The van der Waals surface area contributed by atoms with Crippen LogP contribution in [-0.4, -0.2) is 22.7 Å². The minimum atomic E-state index is -4.44. The molecular formula is C13H16ClF3N2O. The average Bonchev–Trinajstić information content (AvgIpc) is 2.38. The van der Waals surface area contributed by atoms with Crippen LogP contribution in [0, 0.1) is 5.92 Å². The standard InChI is InChI=1S/C13H16ClF3N2O/c14-11-5-9(13(15,16)17)7-19-12(11)18-6-8-1-3-10(20)4-2-8/h5,7-8,10,20H,1-4,6H2,(H,18,19). The predicted octanol–water partition coefficient (Wildman–Crippen LogP) is 3.72. The van der Waals surface area contributed by atoms with Crippen LogP contribution < -0.4 is 5.32 Å². The van der Waals surface area contributed by atoms with Crippen LogP contribution in [0.15, 0.2) is 12.3 Å². The Morgan fingerprint density at radius 3 is 2.50 bits per heavy atom. The van der Waals surface area contributed by atoms with Gasteiger partial charge in [-0.15, -0.1) is 0 Å². The molecule has 0 atom stereocenters. The molecule has 1 aliphatic rings. The van der Waals surface area contributed by atoms with Crippen LogP contribution in [0.3, 0.4) is 0 Å². The van der Waals surface area contributed by atoms with Gasteiger partial charge in [-0.25, -0.2) is 4.98 Å². The molecule has 0 aliphatic heterocycles. The van der Waals surface area contributed by atoms with Crippen LogP contribution in [-0.2, 0) is 6.18 Å². The van der Waals surface area contributed by atoms with Crippen LogP contribution in [0.4, 0.5) is 19.0 Å². The van der Waals surface area contributed by atoms with E-state index in [1.807, 2.05) is 0 Å². The molecule has 0 bridgehead atoms. The maximum absolute atomic E-state index is 12.5. The molecule has 0 amide bonds. The molecule has 1 saturated carbocycles. The van der Waals surface area contributed by atoms with Gasteiger partial charge >= 0.3 is 6.18 Å². The van der Waals surface area contributed by atoms with E-state index >= 15 is 0 Å². The molecule has 0 saturated heterocycles. The lowest BCUT2D eigenvalue weighted by atomic mass is 9.87. The number of aromatic nitrogens is 1. The van der Waals surface area contributed by atoms with Gasteiger partial charge in [0.15, 0.2) is 0 Å². The summed E-state index contributed by atoms with van der Waals surface area (Å²) >= 11 is 5.81. The summed E-state index contributed by atoms with van der Waals surface area (Å²) in [6, 6.07) is 0.877. The van der Waals surface area contributed by atoms with E-state index in [9.17, 15) is 18.3 Å². The SMILES string of the molecule is OC1CCC(CNc2ncc(C(F)(F)F)cc2Cl)CC1. The Bertz CT molecular complexity index is 459. The number of hydrogen-bond donors (Lipinski definition) is 2. The molecule has 0 radical (unpaired) electrons. The lowest BCUT2D eigenvalue weighted by Gasteiger charge is -2.25. The fourth-order valence-electron chi connectivity index (χ4n) is 2.31. The molecule has 20 heavy (non-hydrogen) atoms. The lowest BCUT2D eigenvalue weighted by molar-refractivity contribution is -0.137. The van der Waals surface area contributed by atoms with E-state index in [2.05, 4.69) is 10.3 Å². The Morgan fingerprint density at radius 1 is 1.30 bits per heavy atom.